The van der Waals surface area contributed by atoms with E-state index in [2.05, 4.69) is 14.7 Å². The summed E-state index contributed by atoms with van der Waals surface area (Å²) in [4.78, 5) is 16.6. The van der Waals surface area contributed by atoms with Crippen LogP contribution in [0.4, 0.5) is 13.2 Å². The van der Waals surface area contributed by atoms with Gasteiger partial charge in [-0.05, 0) is 43.7 Å². The van der Waals surface area contributed by atoms with Crippen LogP contribution in [0.25, 0.3) is 22.2 Å². The van der Waals surface area contributed by atoms with Gasteiger partial charge >= 0.3 is 12.1 Å². The standard InChI is InChI=1S/C17H15F3N2O3/c1-9(2)24-13-4-3-5-14(25-17(18,19)20)15(13)10-6-7-11-12(8-10)22-16(23)21-11/h3-9H,1-2H3,(H2,21,22,23). The molecule has 0 spiro atoms. The van der Waals surface area contributed by atoms with Crippen molar-refractivity contribution in [3.63, 3.8) is 0 Å². The Labute approximate surface area is 140 Å². The maximum atomic E-state index is 12.8. The van der Waals surface area contributed by atoms with Crippen molar-refractivity contribution in [2.45, 2.75) is 26.3 Å². The number of benzene rings is 2. The number of aromatic amines is 2. The number of imidazole rings is 1. The minimum Gasteiger partial charge on any atom is -0.490 e. The fourth-order valence-electron chi connectivity index (χ4n) is 2.55. The van der Waals surface area contributed by atoms with E-state index in [9.17, 15) is 18.0 Å². The molecule has 0 saturated carbocycles. The summed E-state index contributed by atoms with van der Waals surface area (Å²) in [6, 6.07) is 8.99. The van der Waals surface area contributed by atoms with E-state index in [0.29, 0.717) is 16.6 Å². The zero-order valence-electron chi connectivity index (χ0n) is 13.4. The smallest absolute Gasteiger partial charge is 0.490 e. The molecule has 5 nitrogen and oxygen atoms in total. The summed E-state index contributed by atoms with van der Waals surface area (Å²) in [6.07, 6.45) is -5.08. The van der Waals surface area contributed by atoms with Gasteiger partial charge < -0.3 is 19.4 Å². The number of ether oxygens (including phenoxy) is 2. The topological polar surface area (TPSA) is 67.1 Å². The number of nitrogens with one attached hydrogen (secondary N) is 2. The average molecular weight is 352 g/mol. The first kappa shape index (κ1) is 16.9. The number of hydrogen-bond acceptors (Lipinski definition) is 3. The van der Waals surface area contributed by atoms with E-state index in [-0.39, 0.29) is 23.2 Å². The Morgan fingerprint density at radius 2 is 1.68 bits per heavy atom. The number of aromatic nitrogens is 2. The van der Waals surface area contributed by atoms with E-state index in [1.54, 1.807) is 38.1 Å². The fraction of sp³-hybridized carbons (Fsp3) is 0.235. The lowest BCUT2D eigenvalue weighted by atomic mass is 10.0. The van der Waals surface area contributed by atoms with Crippen LogP contribution in [-0.4, -0.2) is 22.4 Å². The maximum Gasteiger partial charge on any atom is 0.573 e. The predicted octanol–water partition coefficient (Wildman–Crippen LogP) is 4.21. The molecule has 0 amide bonds. The van der Waals surface area contributed by atoms with Crippen LogP contribution in [0.5, 0.6) is 11.5 Å². The van der Waals surface area contributed by atoms with Gasteiger partial charge in [-0.25, -0.2) is 4.79 Å². The Hall–Kier alpha value is -2.90. The van der Waals surface area contributed by atoms with Crippen LogP contribution in [0.1, 0.15) is 13.8 Å². The Kier molecular flexibility index (Phi) is 4.20. The Morgan fingerprint density at radius 1 is 1.00 bits per heavy atom. The molecule has 0 radical (unpaired) electrons. The molecule has 25 heavy (non-hydrogen) atoms. The minimum atomic E-state index is -4.84. The summed E-state index contributed by atoms with van der Waals surface area (Å²) >= 11 is 0. The third-order valence-corrected chi connectivity index (χ3v) is 3.38. The number of halogens is 3. The number of alkyl halides is 3. The van der Waals surface area contributed by atoms with Gasteiger partial charge in [0.2, 0.25) is 0 Å². The summed E-state index contributed by atoms with van der Waals surface area (Å²) in [6.45, 7) is 3.54. The second-order valence-electron chi connectivity index (χ2n) is 5.68. The highest BCUT2D eigenvalue weighted by Gasteiger charge is 2.33. The molecule has 0 aliphatic heterocycles. The van der Waals surface area contributed by atoms with Gasteiger partial charge in [-0.15, -0.1) is 13.2 Å². The molecule has 0 bridgehead atoms. The van der Waals surface area contributed by atoms with Crippen LogP contribution in [0, 0.1) is 0 Å². The van der Waals surface area contributed by atoms with E-state index in [1.807, 2.05) is 0 Å². The molecule has 0 unspecified atom stereocenters. The molecule has 0 saturated heterocycles. The zero-order chi connectivity index (χ0) is 18.2. The van der Waals surface area contributed by atoms with Crippen molar-refractivity contribution < 1.29 is 22.6 Å². The molecule has 2 N–H and O–H groups in total. The van der Waals surface area contributed by atoms with Crippen LogP contribution >= 0.6 is 0 Å². The van der Waals surface area contributed by atoms with Crippen LogP contribution in [0.3, 0.4) is 0 Å². The molecule has 8 heteroatoms. The first-order valence-electron chi connectivity index (χ1n) is 7.51. The van der Waals surface area contributed by atoms with Crippen molar-refractivity contribution in [2.75, 3.05) is 0 Å². The summed E-state index contributed by atoms with van der Waals surface area (Å²) in [7, 11) is 0. The van der Waals surface area contributed by atoms with Gasteiger partial charge in [0, 0.05) is 0 Å². The highest BCUT2D eigenvalue weighted by Crippen LogP contribution is 2.41. The third kappa shape index (κ3) is 3.78. The van der Waals surface area contributed by atoms with E-state index in [1.165, 1.54) is 12.1 Å². The van der Waals surface area contributed by atoms with Crippen molar-refractivity contribution >= 4 is 11.0 Å². The van der Waals surface area contributed by atoms with Gasteiger partial charge in [-0.1, -0.05) is 12.1 Å². The number of rotatable bonds is 4. The quantitative estimate of drug-likeness (QED) is 0.739. The second-order valence-corrected chi connectivity index (χ2v) is 5.68. The number of H-pyrrole nitrogens is 2. The minimum absolute atomic E-state index is 0.164. The van der Waals surface area contributed by atoms with Crippen LogP contribution in [0.15, 0.2) is 41.2 Å². The van der Waals surface area contributed by atoms with Crippen LogP contribution in [-0.2, 0) is 0 Å². The van der Waals surface area contributed by atoms with Gasteiger partial charge in [0.25, 0.3) is 0 Å². The molecule has 1 aromatic heterocycles. The lowest BCUT2D eigenvalue weighted by Crippen LogP contribution is -2.18. The Balaban J connectivity index is 2.19. The average Bonchev–Trinajstić information content (AvgIpc) is 2.84. The molecule has 3 aromatic rings. The van der Waals surface area contributed by atoms with Crippen molar-refractivity contribution in [1.82, 2.24) is 9.97 Å². The van der Waals surface area contributed by atoms with Gasteiger partial charge in [0.15, 0.2) is 0 Å². The first-order valence-corrected chi connectivity index (χ1v) is 7.51. The highest BCUT2D eigenvalue weighted by molar-refractivity contribution is 5.85. The van der Waals surface area contributed by atoms with Gasteiger partial charge in [0.1, 0.15) is 11.5 Å². The van der Waals surface area contributed by atoms with Crippen molar-refractivity contribution in [2.24, 2.45) is 0 Å². The first-order chi connectivity index (χ1) is 11.7. The molecule has 0 atom stereocenters. The summed E-state index contributed by atoms with van der Waals surface area (Å²) < 4.78 is 48.1. The summed E-state index contributed by atoms with van der Waals surface area (Å²) in [5.41, 5.74) is 1.22. The molecule has 0 aliphatic carbocycles. The molecule has 0 aliphatic rings. The summed E-state index contributed by atoms with van der Waals surface area (Å²) in [5.74, 6) is -0.114. The maximum absolute atomic E-state index is 12.8. The number of hydrogen-bond donors (Lipinski definition) is 2. The number of fused-ring (bicyclic) bond motifs is 1. The second kappa shape index (κ2) is 6.19. The molecule has 2 aromatic carbocycles. The lowest BCUT2D eigenvalue weighted by molar-refractivity contribution is -0.274. The van der Waals surface area contributed by atoms with Crippen LogP contribution in [0.2, 0.25) is 0 Å². The Morgan fingerprint density at radius 3 is 2.36 bits per heavy atom. The summed E-state index contributed by atoms with van der Waals surface area (Å²) in [5, 5.41) is 0. The molecular weight excluding hydrogens is 337 g/mol. The van der Waals surface area contributed by atoms with E-state index >= 15 is 0 Å². The van der Waals surface area contributed by atoms with Crippen molar-refractivity contribution in [3.05, 3.63) is 46.9 Å². The Bertz CT molecular complexity index is 958. The normalized spacial score (nSPS) is 11.9. The van der Waals surface area contributed by atoms with Gasteiger partial charge in [-0.3, -0.25) is 0 Å². The van der Waals surface area contributed by atoms with Gasteiger partial charge in [-0.2, -0.15) is 0 Å². The third-order valence-electron chi connectivity index (χ3n) is 3.38. The molecule has 1 heterocycles. The SMILES string of the molecule is CC(C)Oc1cccc(OC(F)(F)F)c1-c1ccc2[nH]c(=O)[nH]c2c1. The lowest BCUT2D eigenvalue weighted by Gasteiger charge is -2.19. The van der Waals surface area contributed by atoms with E-state index in [4.69, 9.17) is 4.74 Å². The largest absolute Gasteiger partial charge is 0.573 e. The molecule has 0 fully saturated rings. The molecule has 132 valence electrons. The van der Waals surface area contributed by atoms with Crippen molar-refractivity contribution in [1.29, 1.82) is 0 Å². The molecule has 3 rings (SSSR count). The highest BCUT2D eigenvalue weighted by atomic mass is 19.4. The van der Waals surface area contributed by atoms with E-state index < -0.39 is 12.1 Å². The van der Waals surface area contributed by atoms with E-state index in [0.717, 1.165) is 0 Å². The van der Waals surface area contributed by atoms with Crippen molar-refractivity contribution in [3.8, 4) is 22.6 Å². The molecular formula is C17H15F3N2O3. The van der Waals surface area contributed by atoms with Crippen LogP contribution < -0.4 is 15.2 Å². The monoisotopic (exact) mass is 352 g/mol. The van der Waals surface area contributed by atoms with Gasteiger partial charge in [0.05, 0.1) is 22.7 Å². The predicted molar refractivity (Wildman–Crippen MR) is 86.8 cm³/mol. The fourth-order valence-corrected chi connectivity index (χ4v) is 2.55. The zero-order valence-corrected chi connectivity index (χ0v) is 13.4.